The fourth-order valence-corrected chi connectivity index (χ4v) is 4.72. The van der Waals surface area contributed by atoms with Crippen LogP contribution in [-0.2, 0) is 14.8 Å². The summed E-state index contributed by atoms with van der Waals surface area (Å²) in [6.07, 6.45) is 6.94. The zero-order valence-electron chi connectivity index (χ0n) is 13.5. The highest BCUT2D eigenvalue weighted by Crippen LogP contribution is 2.35. The summed E-state index contributed by atoms with van der Waals surface area (Å²) in [5.41, 5.74) is -0.172. The highest BCUT2D eigenvalue weighted by atomic mass is 32.2. The number of aromatic nitrogens is 2. The van der Waals surface area contributed by atoms with Gasteiger partial charge in [0, 0.05) is 44.0 Å². The van der Waals surface area contributed by atoms with E-state index in [1.807, 2.05) is 0 Å². The average molecular weight is 340 g/mol. The van der Waals surface area contributed by atoms with E-state index in [2.05, 4.69) is 14.9 Å². The molecule has 23 heavy (non-hydrogen) atoms. The summed E-state index contributed by atoms with van der Waals surface area (Å²) in [6, 6.07) is 0. The van der Waals surface area contributed by atoms with E-state index in [-0.39, 0.29) is 11.2 Å². The van der Waals surface area contributed by atoms with Crippen molar-refractivity contribution in [1.29, 1.82) is 0 Å². The fourth-order valence-electron chi connectivity index (χ4n) is 3.47. The van der Waals surface area contributed by atoms with Gasteiger partial charge in [-0.1, -0.05) is 0 Å². The van der Waals surface area contributed by atoms with Gasteiger partial charge in [0.05, 0.1) is 25.2 Å². The third kappa shape index (κ3) is 3.64. The van der Waals surface area contributed by atoms with E-state index in [1.54, 1.807) is 29.8 Å². The third-order valence-electron chi connectivity index (χ3n) is 4.70. The number of sulfonamides is 1. The number of hydrogen-bond donors (Lipinski definition) is 0. The summed E-state index contributed by atoms with van der Waals surface area (Å²) in [7, 11) is -3.16. The van der Waals surface area contributed by atoms with Crippen molar-refractivity contribution in [2.45, 2.75) is 19.8 Å². The van der Waals surface area contributed by atoms with Crippen LogP contribution < -0.4 is 4.90 Å². The second-order valence-corrected chi connectivity index (χ2v) is 8.63. The van der Waals surface area contributed by atoms with Crippen LogP contribution in [0.4, 0.5) is 5.82 Å². The Morgan fingerprint density at radius 2 is 2.17 bits per heavy atom. The lowest BCUT2D eigenvalue weighted by Crippen LogP contribution is -2.52. The maximum Gasteiger partial charge on any atom is 0.213 e. The lowest BCUT2D eigenvalue weighted by molar-refractivity contribution is 0.0350. The molecule has 3 heterocycles. The van der Waals surface area contributed by atoms with Gasteiger partial charge >= 0.3 is 0 Å². The number of ether oxygens (including phenoxy) is 1. The summed E-state index contributed by atoms with van der Waals surface area (Å²) in [5.74, 6) is 0.977. The molecule has 3 rings (SSSR count). The molecule has 0 bridgehead atoms. The zero-order valence-corrected chi connectivity index (χ0v) is 14.3. The van der Waals surface area contributed by atoms with Crippen molar-refractivity contribution < 1.29 is 13.2 Å². The number of piperidine rings is 1. The first-order valence-corrected chi connectivity index (χ1v) is 9.72. The second kappa shape index (κ2) is 6.70. The largest absolute Gasteiger partial charge is 0.379 e. The Hall–Kier alpha value is -1.25. The number of anilines is 1. The van der Waals surface area contributed by atoms with E-state index in [0.717, 1.165) is 31.7 Å². The molecule has 0 aliphatic carbocycles. The molecule has 2 aliphatic rings. The Balaban J connectivity index is 1.82. The van der Waals surface area contributed by atoms with Gasteiger partial charge in [0.25, 0.3) is 0 Å². The molecule has 0 radical (unpaired) electrons. The highest BCUT2D eigenvalue weighted by Gasteiger charge is 2.42. The SMILES string of the molecule is CCS(=O)(=O)N1CCC[C@]2(COCCN(c3cnccn3)C2)C1. The lowest BCUT2D eigenvalue weighted by atomic mass is 9.81. The number of hydrogen-bond acceptors (Lipinski definition) is 6. The summed E-state index contributed by atoms with van der Waals surface area (Å²) in [6.45, 7) is 5.57. The number of nitrogens with zero attached hydrogens (tertiary/aromatic N) is 4. The van der Waals surface area contributed by atoms with Crippen LogP contribution in [0.25, 0.3) is 0 Å². The van der Waals surface area contributed by atoms with Crippen molar-refractivity contribution in [3.8, 4) is 0 Å². The first-order valence-electron chi connectivity index (χ1n) is 8.11. The van der Waals surface area contributed by atoms with Crippen LogP contribution in [0, 0.1) is 5.41 Å². The summed E-state index contributed by atoms with van der Waals surface area (Å²) < 4.78 is 32.0. The van der Waals surface area contributed by atoms with Crippen molar-refractivity contribution in [3.63, 3.8) is 0 Å². The van der Waals surface area contributed by atoms with Crippen LogP contribution in [0.2, 0.25) is 0 Å². The van der Waals surface area contributed by atoms with Crippen LogP contribution in [-0.4, -0.2) is 67.8 Å². The van der Waals surface area contributed by atoms with E-state index >= 15 is 0 Å². The van der Waals surface area contributed by atoms with E-state index in [9.17, 15) is 8.42 Å². The molecular formula is C15H24N4O3S. The minimum Gasteiger partial charge on any atom is -0.379 e. The average Bonchev–Trinajstić information content (AvgIpc) is 2.78. The Morgan fingerprint density at radius 3 is 2.91 bits per heavy atom. The van der Waals surface area contributed by atoms with Crippen molar-refractivity contribution in [2.24, 2.45) is 5.41 Å². The van der Waals surface area contributed by atoms with Crippen LogP contribution in [0.15, 0.2) is 18.6 Å². The molecule has 0 amide bonds. The molecule has 7 nitrogen and oxygen atoms in total. The predicted molar refractivity (Wildman–Crippen MR) is 87.8 cm³/mol. The van der Waals surface area contributed by atoms with Gasteiger partial charge in [0.2, 0.25) is 10.0 Å². The van der Waals surface area contributed by atoms with Crippen molar-refractivity contribution in [1.82, 2.24) is 14.3 Å². The van der Waals surface area contributed by atoms with Crippen LogP contribution in [0.5, 0.6) is 0 Å². The Labute approximate surface area is 137 Å². The van der Waals surface area contributed by atoms with Crippen molar-refractivity contribution in [2.75, 3.05) is 50.0 Å². The molecule has 0 N–H and O–H groups in total. The first kappa shape index (κ1) is 16.6. The zero-order chi connectivity index (χ0) is 16.3. The maximum absolute atomic E-state index is 12.3. The molecule has 128 valence electrons. The van der Waals surface area contributed by atoms with Crippen molar-refractivity contribution in [3.05, 3.63) is 18.6 Å². The third-order valence-corrected chi connectivity index (χ3v) is 6.53. The van der Waals surface area contributed by atoms with E-state index in [0.29, 0.717) is 26.3 Å². The normalized spacial score (nSPS) is 27.1. The first-order chi connectivity index (χ1) is 11.0. The minimum absolute atomic E-state index is 0.151. The highest BCUT2D eigenvalue weighted by molar-refractivity contribution is 7.89. The molecule has 2 aliphatic heterocycles. The molecular weight excluding hydrogens is 316 g/mol. The van der Waals surface area contributed by atoms with Gasteiger partial charge < -0.3 is 9.64 Å². The van der Waals surface area contributed by atoms with E-state index < -0.39 is 10.0 Å². The second-order valence-electron chi connectivity index (χ2n) is 6.38. The molecule has 0 aromatic carbocycles. The van der Waals surface area contributed by atoms with Crippen LogP contribution in [0.1, 0.15) is 19.8 Å². The van der Waals surface area contributed by atoms with E-state index in [4.69, 9.17) is 4.74 Å². The maximum atomic E-state index is 12.3. The monoisotopic (exact) mass is 340 g/mol. The van der Waals surface area contributed by atoms with Gasteiger partial charge in [0.1, 0.15) is 5.82 Å². The van der Waals surface area contributed by atoms with Gasteiger partial charge in [0.15, 0.2) is 0 Å². The van der Waals surface area contributed by atoms with Gasteiger partial charge in [-0.15, -0.1) is 0 Å². The van der Waals surface area contributed by atoms with Crippen LogP contribution in [0.3, 0.4) is 0 Å². The Kier molecular flexibility index (Phi) is 4.84. The van der Waals surface area contributed by atoms with E-state index in [1.165, 1.54) is 0 Å². The molecule has 1 atom stereocenters. The lowest BCUT2D eigenvalue weighted by Gasteiger charge is -2.43. The molecule has 0 unspecified atom stereocenters. The fraction of sp³-hybridized carbons (Fsp3) is 0.733. The molecule has 8 heteroatoms. The molecule has 0 saturated carbocycles. The summed E-state index contributed by atoms with van der Waals surface area (Å²) in [4.78, 5) is 10.7. The standard InChI is InChI=1S/C15H24N4O3S/c1-2-23(20,21)19-7-3-4-15(12-19)11-18(8-9-22-13-15)14-10-16-5-6-17-14/h5-6,10H,2-4,7-9,11-13H2,1H3/t15-/m1/s1. The quantitative estimate of drug-likeness (QED) is 0.808. The van der Waals surface area contributed by atoms with Gasteiger partial charge in [-0.2, -0.15) is 0 Å². The summed E-state index contributed by atoms with van der Waals surface area (Å²) in [5, 5.41) is 0. The topological polar surface area (TPSA) is 75.6 Å². The van der Waals surface area contributed by atoms with Gasteiger partial charge in [-0.05, 0) is 19.8 Å². The molecule has 1 spiro atoms. The molecule has 2 fully saturated rings. The Morgan fingerprint density at radius 1 is 1.30 bits per heavy atom. The van der Waals surface area contributed by atoms with Crippen LogP contribution >= 0.6 is 0 Å². The smallest absolute Gasteiger partial charge is 0.213 e. The number of rotatable bonds is 3. The van der Waals surface area contributed by atoms with Gasteiger partial charge in [-0.25, -0.2) is 17.7 Å². The Bertz CT molecular complexity index is 625. The summed E-state index contributed by atoms with van der Waals surface area (Å²) >= 11 is 0. The molecule has 1 aromatic heterocycles. The minimum atomic E-state index is -3.16. The predicted octanol–water partition coefficient (Wildman–Crippen LogP) is 0.745. The molecule has 1 aromatic rings. The molecule has 2 saturated heterocycles. The van der Waals surface area contributed by atoms with Crippen molar-refractivity contribution >= 4 is 15.8 Å². The van der Waals surface area contributed by atoms with Gasteiger partial charge in [-0.3, -0.25) is 4.98 Å².